The summed E-state index contributed by atoms with van der Waals surface area (Å²) in [6.45, 7) is -0.541. The summed E-state index contributed by atoms with van der Waals surface area (Å²) in [5.74, 6) is -2.93. The normalized spacial score (nSPS) is 10.2. The summed E-state index contributed by atoms with van der Waals surface area (Å²) >= 11 is 5.75. The van der Waals surface area contributed by atoms with E-state index in [0.29, 0.717) is 16.4 Å². The molecule has 0 saturated carbocycles. The number of carbonyl (C=O) groups excluding carboxylic acids is 1. The number of carbonyl (C=O) groups is 1. The van der Waals surface area contributed by atoms with E-state index in [1.54, 1.807) is 6.07 Å². The molecule has 3 N–H and O–H groups in total. The van der Waals surface area contributed by atoms with Gasteiger partial charge in [-0.15, -0.1) is 0 Å². The van der Waals surface area contributed by atoms with Gasteiger partial charge >= 0.3 is 0 Å². The summed E-state index contributed by atoms with van der Waals surface area (Å²) < 4.78 is 31.4. The molecule has 110 valence electrons. The molecule has 0 aliphatic rings. The lowest BCUT2D eigenvalue weighted by Crippen LogP contribution is -2.20. The summed E-state index contributed by atoms with van der Waals surface area (Å²) in [5.41, 5.74) is 6.29. The number of benzene rings is 2. The van der Waals surface area contributed by atoms with Crippen LogP contribution in [0, 0.1) is 11.6 Å². The third-order valence-corrected chi connectivity index (χ3v) is 2.89. The van der Waals surface area contributed by atoms with Crippen molar-refractivity contribution in [2.24, 2.45) is 0 Å². The van der Waals surface area contributed by atoms with Gasteiger partial charge in [-0.1, -0.05) is 17.7 Å². The Labute approximate surface area is 124 Å². The van der Waals surface area contributed by atoms with E-state index >= 15 is 0 Å². The summed E-state index contributed by atoms with van der Waals surface area (Å²) in [7, 11) is 0. The van der Waals surface area contributed by atoms with Crippen molar-refractivity contribution in [2.75, 3.05) is 17.7 Å². The number of rotatable bonds is 4. The van der Waals surface area contributed by atoms with Crippen LogP contribution in [0.15, 0.2) is 36.4 Å². The van der Waals surface area contributed by atoms with E-state index in [-0.39, 0.29) is 0 Å². The van der Waals surface area contributed by atoms with Crippen LogP contribution in [-0.2, 0) is 4.79 Å². The molecule has 0 aromatic heterocycles. The highest BCUT2D eigenvalue weighted by atomic mass is 35.5. The van der Waals surface area contributed by atoms with Gasteiger partial charge in [-0.05, 0) is 30.3 Å². The average molecular weight is 313 g/mol. The first-order chi connectivity index (χ1) is 9.97. The van der Waals surface area contributed by atoms with E-state index in [1.807, 2.05) is 0 Å². The van der Waals surface area contributed by atoms with Gasteiger partial charge in [-0.2, -0.15) is 0 Å². The van der Waals surface area contributed by atoms with Crippen LogP contribution >= 0.6 is 11.6 Å². The molecular weight excluding hydrogens is 302 g/mol. The van der Waals surface area contributed by atoms with Gasteiger partial charge in [-0.3, -0.25) is 4.79 Å². The highest BCUT2D eigenvalue weighted by molar-refractivity contribution is 6.33. The minimum absolute atomic E-state index is 0.301. The smallest absolute Gasteiger partial charge is 0.262 e. The van der Waals surface area contributed by atoms with Gasteiger partial charge in [0.2, 0.25) is 0 Å². The average Bonchev–Trinajstić information content (AvgIpc) is 2.42. The highest BCUT2D eigenvalue weighted by Crippen LogP contribution is 2.23. The fourth-order valence-electron chi connectivity index (χ4n) is 1.58. The van der Waals surface area contributed by atoms with E-state index in [1.165, 1.54) is 18.2 Å². The Morgan fingerprint density at radius 3 is 2.52 bits per heavy atom. The van der Waals surface area contributed by atoms with E-state index in [2.05, 4.69) is 5.32 Å². The zero-order valence-corrected chi connectivity index (χ0v) is 11.5. The number of ether oxygens (including phenoxy) is 1. The fraction of sp³-hybridized carbons (Fsp3) is 0.0714. The number of hydrogen-bond acceptors (Lipinski definition) is 3. The number of anilines is 2. The van der Waals surface area contributed by atoms with Crippen molar-refractivity contribution < 1.29 is 18.3 Å². The molecule has 0 aliphatic heterocycles. The van der Waals surface area contributed by atoms with Crippen molar-refractivity contribution in [2.45, 2.75) is 0 Å². The van der Waals surface area contributed by atoms with Crippen molar-refractivity contribution in [3.63, 3.8) is 0 Å². The summed E-state index contributed by atoms with van der Waals surface area (Å²) in [5, 5.41) is 2.83. The number of para-hydroxylation sites is 1. The largest absolute Gasteiger partial charge is 0.478 e. The minimum Gasteiger partial charge on any atom is -0.478 e. The Hall–Kier alpha value is -2.34. The summed E-state index contributed by atoms with van der Waals surface area (Å²) in [6, 6.07) is 7.80. The quantitative estimate of drug-likeness (QED) is 0.852. The van der Waals surface area contributed by atoms with Gasteiger partial charge in [0.1, 0.15) is 0 Å². The maximum atomic E-state index is 13.3. The van der Waals surface area contributed by atoms with E-state index in [9.17, 15) is 13.6 Å². The number of halogens is 3. The molecule has 1 amide bonds. The van der Waals surface area contributed by atoms with E-state index in [0.717, 1.165) is 12.1 Å². The monoisotopic (exact) mass is 312 g/mol. The lowest BCUT2D eigenvalue weighted by Gasteiger charge is -2.09. The fourth-order valence-corrected chi connectivity index (χ4v) is 1.69. The number of hydrogen-bond donors (Lipinski definition) is 2. The van der Waals surface area contributed by atoms with Gasteiger partial charge in [-0.25, -0.2) is 8.78 Å². The SMILES string of the molecule is Nc1cc(NC(=O)COc2c(F)cccc2F)ccc1Cl. The molecule has 21 heavy (non-hydrogen) atoms. The summed E-state index contributed by atoms with van der Waals surface area (Å²) in [6.07, 6.45) is 0. The van der Waals surface area contributed by atoms with Crippen LogP contribution in [0.2, 0.25) is 5.02 Å². The molecule has 0 radical (unpaired) electrons. The zero-order chi connectivity index (χ0) is 15.4. The Kier molecular flexibility index (Phi) is 4.59. The van der Waals surface area contributed by atoms with Crippen LogP contribution in [0.3, 0.4) is 0 Å². The Morgan fingerprint density at radius 2 is 1.90 bits per heavy atom. The first-order valence-corrected chi connectivity index (χ1v) is 6.27. The van der Waals surface area contributed by atoms with E-state index in [4.69, 9.17) is 22.1 Å². The Bertz CT molecular complexity index is 660. The topological polar surface area (TPSA) is 64.3 Å². The third-order valence-electron chi connectivity index (χ3n) is 2.55. The van der Waals surface area contributed by atoms with Crippen molar-refractivity contribution in [3.8, 4) is 5.75 Å². The van der Waals surface area contributed by atoms with Gasteiger partial charge in [0, 0.05) is 5.69 Å². The number of amides is 1. The minimum atomic E-state index is -0.876. The Balaban J connectivity index is 1.97. The van der Waals surface area contributed by atoms with Crippen molar-refractivity contribution in [1.82, 2.24) is 0 Å². The predicted octanol–water partition coefficient (Wildman–Crippen LogP) is 3.22. The van der Waals surface area contributed by atoms with Crippen molar-refractivity contribution >= 4 is 28.9 Å². The lowest BCUT2D eigenvalue weighted by atomic mass is 10.3. The molecule has 2 aromatic carbocycles. The molecule has 4 nitrogen and oxygen atoms in total. The van der Waals surface area contributed by atoms with Gasteiger partial charge < -0.3 is 15.8 Å². The molecule has 7 heteroatoms. The molecule has 0 atom stereocenters. The number of nitrogens with one attached hydrogen (secondary N) is 1. The van der Waals surface area contributed by atoms with Crippen LogP contribution in [0.4, 0.5) is 20.2 Å². The van der Waals surface area contributed by atoms with Crippen molar-refractivity contribution in [1.29, 1.82) is 0 Å². The second-order valence-corrected chi connectivity index (χ2v) is 4.53. The third kappa shape index (κ3) is 3.82. The molecular formula is C14H11ClF2N2O2. The van der Waals surface area contributed by atoms with Gasteiger partial charge in [0.25, 0.3) is 5.91 Å². The highest BCUT2D eigenvalue weighted by Gasteiger charge is 2.12. The molecule has 2 aromatic rings. The van der Waals surface area contributed by atoms with Crippen molar-refractivity contribution in [3.05, 3.63) is 53.1 Å². The van der Waals surface area contributed by atoms with Crippen LogP contribution in [0.1, 0.15) is 0 Å². The van der Waals surface area contributed by atoms with E-state index < -0.39 is 29.9 Å². The standard InChI is InChI=1S/C14H11ClF2N2O2/c15-9-5-4-8(6-12(9)18)19-13(20)7-21-14-10(16)2-1-3-11(14)17/h1-6H,7,18H2,(H,19,20). The number of nitrogen functional groups attached to an aromatic ring is 1. The van der Waals surface area contributed by atoms with Gasteiger partial charge in [0.05, 0.1) is 10.7 Å². The van der Waals surface area contributed by atoms with Crippen LogP contribution in [-0.4, -0.2) is 12.5 Å². The van der Waals surface area contributed by atoms with Crippen LogP contribution < -0.4 is 15.8 Å². The second kappa shape index (κ2) is 6.41. The molecule has 0 saturated heterocycles. The first kappa shape index (κ1) is 15.1. The molecule has 0 unspecified atom stereocenters. The predicted molar refractivity (Wildman–Crippen MR) is 76.3 cm³/mol. The molecule has 0 spiro atoms. The second-order valence-electron chi connectivity index (χ2n) is 4.12. The van der Waals surface area contributed by atoms with Gasteiger partial charge in [0.15, 0.2) is 24.0 Å². The lowest BCUT2D eigenvalue weighted by molar-refractivity contribution is -0.118. The maximum Gasteiger partial charge on any atom is 0.262 e. The molecule has 0 fully saturated rings. The number of nitrogens with two attached hydrogens (primary N) is 1. The zero-order valence-electron chi connectivity index (χ0n) is 10.7. The maximum absolute atomic E-state index is 13.3. The molecule has 2 rings (SSSR count). The molecule has 0 bridgehead atoms. The summed E-state index contributed by atoms with van der Waals surface area (Å²) in [4.78, 5) is 11.6. The molecule has 0 aliphatic carbocycles. The molecule has 0 heterocycles. The Morgan fingerprint density at radius 1 is 1.24 bits per heavy atom. The first-order valence-electron chi connectivity index (χ1n) is 5.89. The van der Waals surface area contributed by atoms with Crippen LogP contribution in [0.25, 0.3) is 0 Å². The van der Waals surface area contributed by atoms with Crippen LogP contribution in [0.5, 0.6) is 5.75 Å².